The van der Waals surface area contributed by atoms with Gasteiger partial charge in [0, 0.05) is 19.1 Å². The second kappa shape index (κ2) is 7.46. The van der Waals surface area contributed by atoms with Gasteiger partial charge >= 0.3 is 0 Å². The molecule has 0 aliphatic carbocycles. The molecular weight excluding hydrogens is 224 g/mol. The van der Waals surface area contributed by atoms with Crippen molar-refractivity contribution in [2.75, 3.05) is 32.8 Å². The van der Waals surface area contributed by atoms with Crippen molar-refractivity contribution in [3.63, 3.8) is 0 Å². The Morgan fingerprint density at radius 3 is 2.61 bits per heavy atom. The van der Waals surface area contributed by atoms with E-state index in [9.17, 15) is 0 Å². The lowest BCUT2D eigenvalue weighted by atomic mass is 9.94. The molecule has 0 aromatic heterocycles. The van der Waals surface area contributed by atoms with E-state index in [1.54, 1.807) is 0 Å². The first-order chi connectivity index (χ1) is 8.42. The summed E-state index contributed by atoms with van der Waals surface area (Å²) in [6.45, 7) is 16.5. The molecule has 1 aliphatic heterocycles. The monoisotopic (exact) mass is 256 g/mol. The molecule has 1 N–H and O–H groups in total. The zero-order valence-corrected chi connectivity index (χ0v) is 13.0. The third-order valence-electron chi connectivity index (χ3n) is 3.59. The Kier molecular flexibility index (Phi) is 6.61. The summed E-state index contributed by atoms with van der Waals surface area (Å²) in [6, 6.07) is 0.713. The smallest absolute Gasteiger partial charge is 0.0600 e. The van der Waals surface area contributed by atoms with Gasteiger partial charge in [-0.15, -0.1) is 0 Å². The molecule has 0 saturated carbocycles. The van der Waals surface area contributed by atoms with Gasteiger partial charge in [0.2, 0.25) is 0 Å². The quantitative estimate of drug-likeness (QED) is 0.790. The van der Waals surface area contributed by atoms with Crippen LogP contribution in [0.2, 0.25) is 0 Å². The van der Waals surface area contributed by atoms with E-state index in [1.165, 1.54) is 25.9 Å². The Morgan fingerprint density at radius 2 is 2.06 bits per heavy atom. The van der Waals surface area contributed by atoms with Gasteiger partial charge < -0.3 is 15.0 Å². The fourth-order valence-electron chi connectivity index (χ4n) is 2.55. The molecule has 3 nitrogen and oxygen atoms in total. The van der Waals surface area contributed by atoms with Crippen LogP contribution in [0.4, 0.5) is 0 Å². The lowest BCUT2D eigenvalue weighted by molar-refractivity contribution is -0.0180. The van der Waals surface area contributed by atoms with Gasteiger partial charge in [0.1, 0.15) is 0 Å². The Hall–Kier alpha value is -0.120. The highest BCUT2D eigenvalue weighted by molar-refractivity contribution is 4.82. The van der Waals surface area contributed by atoms with E-state index < -0.39 is 0 Å². The number of hydrogen-bond donors (Lipinski definition) is 1. The maximum Gasteiger partial charge on any atom is 0.0600 e. The van der Waals surface area contributed by atoms with Crippen molar-refractivity contribution < 1.29 is 4.74 Å². The molecule has 0 spiro atoms. The van der Waals surface area contributed by atoms with Gasteiger partial charge in [-0.1, -0.05) is 13.8 Å². The molecule has 18 heavy (non-hydrogen) atoms. The molecule has 0 amide bonds. The summed E-state index contributed by atoms with van der Waals surface area (Å²) in [6.07, 6.45) is 2.50. The van der Waals surface area contributed by atoms with E-state index in [1.807, 2.05) is 0 Å². The molecule has 3 heteroatoms. The lowest BCUT2D eigenvalue weighted by Crippen LogP contribution is -2.49. The SMILES string of the molecule is CCCNC1CCN(CCOC(C)(C)C)CC1C. The molecule has 1 saturated heterocycles. The van der Waals surface area contributed by atoms with Crippen LogP contribution in [0.3, 0.4) is 0 Å². The Bertz CT molecular complexity index is 225. The van der Waals surface area contributed by atoms with Crippen LogP contribution in [0.5, 0.6) is 0 Å². The largest absolute Gasteiger partial charge is 0.375 e. The number of nitrogens with zero attached hydrogens (tertiary/aromatic N) is 1. The van der Waals surface area contributed by atoms with E-state index in [-0.39, 0.29) is 5.60 Å². The van der Waals surface area contributed by atoms with Crippen LogP contribution in [0.1, 0.15) is 47.5 Å². The average molecular weight is 256 g/mol. The molecule has 0 aromatic carbocycles. The first-order valence-electron chi connectivity index (χ1n) is 7.52. The van der Waals surface area contributed by atoms with Crippen molar-refractivity contribution in [3.8, 4) is 0 Å². The third kappa shape index (κ3) is 6.17. The minimum atomic E-state index is -0.00732. The van der Waals surface area contributed by atoms with Gasteiger partial charge in [0.25, 0.3) is 0 Å². The second-order valence-electron chi connectivity index (χ2n) is 6.59. The Balaban J connectivity index is 2.20. The number of nitrogens with one attached hydrogen (secondary N) is 1. The van der Waals surface area contributed by atoms with Crippen LogP contribution in [-0.4, -0.2) is 49.3 Å². The Labute approximate surface area is 113 Å². The van der Waals surface area contributed by atoms with E-state index in [0.29, 0.717) is 6.04 Å². The number of hydrogen-bond acceptors (Lipinski definition) is 3. The summed E-state index contributed by atoms with van der Waals surface area (Å²) >= 11 is 0. The van der Waals surface area contributed by atoms with Crippen LogP contribution in [0, 0.1) is 5.92 Å². The van der Waals surface area contributed by atoms with Crippen LogP contribution >= 0.6 is 0 Å². The predicted octanol–water partition coefficient (Wildman–Crippen LogP) is 2.51. The molecule has 0 aromatic rings. The fraction of sp³-hybridized carbons (Fsp3) is 1.00. The predicted molar refractivity (Wildman–Crippen MR) is 78.0 cm³/mol. The summed E-state index contributed by atoms with van der Waals surface area (Å²) in [4.78, 5) is 2.54. The van der Waals surface area contributed by atoms with Crippen molar-refractivity contribution in [2.45, 2.75) is 59.1 Å². The van der Waals surface area contributed by atoms with Crippen molar-refractivity contribution in [2.24, 2.45) is 5.92 Å². The zero-order valence-electron chi connectivity index (χ0n) is 13.0. The number of likely N-dealkylation sites (tertiary alicyclic amines) is 1. The molecule has 1 fully saturated rings. The average Bonchev–Trinajstić information content (AvgIpc) is 2.26. The van der Waals surface area contributed by atoms with Gasteiger partial charge in [-0.2, -0.15) is 0 Å². The van der Waals surface area contributed by atoms with Gasteiger partial charge in [-0.3, -0.25) is 0 Å². The normalized spacial score (nSPS) is 26.5. The highest BCUT2D eigenvalue weighted by atomic mass is 16.5. The fourth-order valence-corrected chi connectivity index (χ4v) is 2.55. The maximum atomic E-state index is 5.80. The Morgan fingerprint density at radius 1 is 1.33 bits per heavy atom. The number of ether oxygens (including phenoxy) is 1. The van der Waals surface area contributed by atoms with Crippen LogP contribution < -0.4 is 5.32 Å². The van der Waals surface area contributed by atoms with Gasteiger partial charge in [-0.05, 0) is 52.6 Å². The van der Waals surface area contributed by atoms with Crippen molar-refractivity contribution >= 4 is 0 Å². The summed E-state index contributed by atoms with van der Waals surface area (Å²) < 4.78 is 5.80. The third-order valence-corrected chi connectivity index (χ3v) is 3.59. The zero-order chi connectivity index (χ0) is 13.6. The van der Waals surface area contributed by atoms with Crippen LogP contribution in [0.25, 0.3) is 0 Å². The van der Waals surface area contributed by atoms with E-state index in [4.69, 9.17) is 4.74 Å². The van der Waals surface area contributed by atoms with Crippen molar-refractivity contribution in [1.82, 2.24) is 10.2 Å². The van der Waals surface area contributed by atoms with Crippen LogP contribution in [0.15, 0.2) is 0 Å². The van der Waals surface area contributed by atoms with E-state index in [2.05, 4.69) is 44.8 Å². The highest BCUT2D eigenvalue weighted by Crippen LogP contribution is 2.17. The highest BCUT2D eigenvalue weighted by Gasteiger charge is 2.25. The summed E-state index contributed by atoms with van der Waals surface area (Å²) in [7, 11) is 0. The first kappa shape index (κ1) is 15.9. The summed E-state index contributed by atoms with van der Waals surface area (Å²) in [5, 5.41) is 3.66. The van der Waals surface area contributed by atoms with Crippen molar-refractivity contribution in [1.29, 1.82) is 0 Å². The van der Waals surface area contributed by atoms with Crippen molar-refractivity contribution in [3.05, 3.63) is 0 Å². The van der Waals surface area contributed by atoms with E-state index in [0.717, 1.165) is 25.6 Å². The van der Waals surface area contributed by atoms with Crippen LogP contribution in [-0.2, 0) is 4.74 Å². The molecule has 0 radical (unpaired) electrons. The van der Waals surface area contributed by atoms with Gasteiger partial charge in [0.05, 0.1) is 12.2 Å². The molecule has 108 valence electrons. The molecular formula is C15H32N2O. The topological polar surface area (TPSA) is 24.5 Å². The van der Waals surface area contributed by atoms with Gasteiger partial charge in [-0.25, -0.2) is 0 Å². The molecule has 1 rings (SSSR count). The molecule has 0 bridgehead atoms. The first-order valence-corrected chi connectivity index (χ1v) is 7.52. The summed E-state index contributed by atoms with van der Waals surface area (Å²) in [5.41, 5.74) is -0.00732. The molecule has 1 aliphatic rings. The van der Waals surface area contributed by atoms with E-state index >= 15 is 0 Å². The minimum Gasteiger partial charge on any atom is -0.375 e. The summed E-state index contributed by atoms with van der Waals surface area (Å²) in [5.74, 6) is 0.750. The minimum absolute atomic E-state index is 0.00732. The lowest BCUT2D eigenvalue weighted by Gasteiger charge is -2.37. The standard InChI is InChI=1S/C15H32N2O/c1-6-8-16-14-7-9-17(12-13(14)2)10-11-18-15(3,4)5/h13-14,16H,6-12H2,1-5H3. The number of piperidine rings is 1. The van der Waals surface area contributed by atoms with Gasteiger partial charge in [0.15, 0.2) is 0 Å². The number of rotatable bonds is 6. The molecule has 2 unspecified atom stereocenters. The maximum absolute atomic E-state index is 5.80. The second-order valence-corrected chi connectivity index (χ2v) is 6.59. The molecule has 1 heterocycles. The molecule has 2 atom stereocenters.